The molecule has 1 saturated carbocycles. The predicted molar refractivity (Wildman–Crippen MR) is 72.7 cm³/mol. The molecule has 0 bridgehead atoms. The third-order valence-electron chi connectivity index (χ3n) is 2.79. The summed E-state index contributed by atoms with van der Waals surface area (Å²) in [7, 11) is 0. The van der Waals surface area contributed by atoms with E-state index in [9.17, 15) is 0 Å². The number of rotatable bonds is 5. The highest BCUT2D eigenvalue weighted by molar-refractivity contribution is 5.80. The lowest BCUT2D eigenvalue weighted by molar-refractivity contribution is 0.197. The topological polar surface area (TPSA) is 47.6 Å². The number of nitrogens with zero attached hydrogens (tertiary/aromatic N) is 1. The molecule has 0 amide bonds. The number of aliphatic imine (C=N–C) groups is 1. The molecule has 0 spiro atoms. The van der Waals surface area contributed by atoms with Gasteiger partial charge in [0.25, 0.3) is 0 Å². The van der Waals surface area contributed by atoms with E-state index in [4.69, 9.17) is 10.5 Å². The summed E-state index contributed by atoms with van der Waals surface area (Å²) in [5, 5.41) is 0. The van der Waals surface area contributed by atoms with E-state index in [1.54, 1.807) is 12.4 Å². The smallest absolute Gasteiger partial charge is 0.208 e. The van der Waals surface area contributed by atoms with Crippen LogP contribution < -0.4 is 5.73 Å². The van der Waals surface area contributed by atoms with E-state index in [2.05, 4.69) is 25.8 Å². The van der Waals surface area contributed by atoms with Gasteiger partial charge in [-0.1, -0.05) is 20.8 Å². The fraction of sp³-hybridized carbons (Fsp3) is 0.643. The predicted octanol–water partition coefficient (Wildman–Crippen LogP) is 3.23. The largest absolute Gasteiger partial charge is 0.478 e. The molecule has 96 valence electrons. The fourth-order valence-electron chi connectivity index (χ4n) is 1.30. The molecule has 0 heterocycles. The lowest BCUT2D eigenvalue weighted by Gasteiger charge is -2.18. The first-order valence-corrected chi connectivity index (χ1v) is 6.23. The van der Waals surface area contributed by atoms with E-state index in [1.807, 2.05) is 13.0 Å². The van der Waals surface area contributed by atoms with Crippen molar-refractivity contribution in [2.24, 2.45) is 22.1 Å². The van der Waals surface area contributed by atoms with Crippen LogP contribution in [0.1, 0.15) is 40.5 Å². The van der Waals surface area contributed by atoms with E-state index >= 15 is 0 Å². The fourth-order valence-corrected chi connectivity index (χ4v) is 1.30. The van der Waals surface area contributed by atoms with Gasteiger partial charge in [0.1, 0.15) is 0 Å². The minimum absolute atomic E-state index is 0.00753. The standard InChI is InChI=1S/C14H24N2O/c1-5-13(17-10-11-6-7-11)16-9-12(8-15)14(2,3)4/h5,8-9,11H,6-7,10,15H2,1-4H3/b12-8+,13-5+,16-9-. The van der Waals surface area contributed by atoms with E-state index in [0.29, 0.717) is 5.88 Å². The van der Waals surface area contributed by atoms with Crippen LogP contribution in [0, 0.1) is 11.3 Å². The van der Waals surface area contributed by atoms with E-state index < -0.39 is 0 Å². The Morgan fingerprint density at radius 3 is 2.47 bits per heavy atom. The maximum Gasteiger partial charge on any atom is 0.208 e. The molecule has 0 aliphatic heterocycles. The first-order chi connectivity index (χ1) is 7.97. The van der Waals surface area contributed by atoms with Gasteiger partial charge in [0, 0.05) is 6.21 Å². The first kappa shape index (κ1) is 13.8. The highest BCUT2D eigenvalue weighted by Gasteiger charge is 2.22. The molecule has 0 unspecified atom stereocenters. The van der Waals surface area contributed by atoms with Gasteiger partial charge in [0.2, 0.25) is 5.88 Å². The van der Waals surface area contributed by atoms with Crippen LogP contribution >= 0.6 is 0 Å². The number of nitrogens with two attached hydrogens (primary N) is 1. The number of allylic oxidation sites excluding steroid dienone is 2. The average molecular weight is 236 g/mol. The molecule has 17 heavy (non-hydrogen) atoms. The van der Waals surface area contributed by atoms with E-state index in [-0.39, 0.29) is 5.41 Å². The molecule has 1 fully saturated rings. The Balaban J connectivity index is 2.53. The molecule has 0 aromatic rings. The summed E-state index contributed by atoms with van der Waals surface area (Å²) in [5.41, 5.74) is 6.62. The van der Waals surface area contributed by atoms with Crippen LogP contribution in [-0.2, 0) is 4.74 Å². The number of hydrogen-bond donors (Lipinski definition) is 1. The maximum atomic E-state index is 5.62. The van der Waals surface area contributed by atoms with Crippen LogP contribution in [0.3, 0.4) is 0 Å². The minimum Gasteiger partial charge on any atom is -0.478 e. The first-order valence-electron chi connectivity index (χ1n) is 6.23. The number of ether oxygens (including phenoxy) is 1. The summed E-state index contributed by atoms with van der Waals surface area (Å²) in [6.45, 7) is 9.05. The zero-order chi connectivity index (χ0) is 12.9. The summed E-state index contributed by atoms with van der Waals surface area (Å²) in [5.74, 6) is 1.42. The molecule has 1 rings (SSSR count). The summed E-state index contributed by atoms with van der Waals surface area (Å²) >= 11 is 0. The van der Waals surface area contributed by atoms with Crippen LogP contribution in [0.4, 0.5) is 0 Å². The van der Waals surface area contributed by atoms with Crippen molar-refractivity contribution in [1.29, 1.82) is 0 Å². The van der Waals surface area contributed by atoms with Crippen LogP contribution in [-0.4, -0.2) is 12.8 Å². The highest BCUT2D eigenvalue weighted by atomic mass is 16.5. The zero-order valence-corrected chi connectivity index (χ0v) is 11.4. The van der Waals surface area contributed by atoms with Crippen molar-refractivity contribution >= 4 is 6.21 Å². The molecule has 0 atom stereocenters. The van der Waals surface area contributed by atoms with Gasteiger partial charge in [-0.15, -0.1) is 0 Å². The molecule has 0 radical (unpaired) electrons. The molecule has 3 heteroatoms. The van der Waals surface area contributed by atoms with Crippen molar-refractivity contribution in [2.75, 3.05) is 6.61 Å². The monoisotopic (exact) mass is 236 g/mol. The van der Waals surface area contributed by atoms with Crippen molar-refractivity contribution in [3.05, 3.63) is 23.7 Å². The lowest BCUT2D eigenvalue weighted by atomic mass is 9.88. The Hall–Kier alpha value is -1.25. The van der Waals surface area contributed by atoms with Crippen molar-refractivity contribution in [3.63, 3.8) is 0 Å². The number of hydrogen-bond acceptors (Lipinski definition) is 3. The quantitative estimate of drug-likeness (QED) is 0.588. The van der Waals surface area contributed by atoms with Gasteiger partial charge in [0.15, 0.2) is 0 Å². The Kier molecular flexibility index (Phi) is 4.79. The van der Waals surface area contributed by atoms with Crippen LogP contribution in [0.25, 0.3) is 0 Å². The second kappa shape index (κ2) is 5.89. The second-order valence-corrected chi connectivity index (χ2v) is 5.51. The molecule has 3 nitrogen and oxygen atoms in total. The molecule has 0 aromatic carbocycles. The third kappa shape index (κ3) is 5.07. The van der Waals surface area contributed by atoms with Crippen molar-refractivity contribution in [3.8, 4) is 0 Å². The molecule has 0 aromatic heterocycles. The summed E-state index contributed by atoms with van der Waals surface area (Å²) in [4.78, 5) is 4.35. The van der Waals surface area contributed by atoms with Crippen molar-refractivity contribution in [1.82, 2.24) is 0 Å². The van der Waals surface area contributed by atoms with Crippen molar-refractivity contribution < 1.29 is 4.74 Å². The normalized spacial score (nSPS) is 18.8. The minimum atomic E-state index is 0.00753. The van der Waals surface area contributed by atoms with Gasteiger partial charge >= 0.3 is 0 Å². The van der Waals surface area contributed by atoms with Crippen molar-refractivity contribution in [2.45, 2.75) is 40.5 Å². The average Bonchev–Trinajstić information content (AvgIpc) is 3.05. The van der Waals surface area contributed by atoms with Gasteiger partial charge in [-0.25, -0.2) is 4.99 Å². The van der Waals surface area contributed by atoms with E-state index in [1.165, 1.54) is 12.8 Å². The van der Waals surface area contributed by atoms with Gasteiger partial charge in [0.05, 0.1) is 6.61 Å². The maximum absolute atomic E-state index is 5.62. The summed E-state index contributed by atoms with van der Waals surface area (Å²) in [6, 6.07) is 0. The van der Waals surface area contributed by atoms with Gasteiger partial charge in [-0.2, -0.15) is 0 Å². The van der Waals surface area contributed by atoms with Crippen LogP contribution in [0.2, 0.25) is 0 Å². The van der Waals surface area contributed by atoms with Gasteiger partial charge in [-0.05, 0) is 48.9 Å². The Labute approximate surface area is 104 Å². The molecule has 1 aliphatic carbocycles. The van der Waals surface area contributed by atoms with Crippen LogP contribution in [0.5, 0.6) is 0 Å². The third-order valence-corrected chi connectivity index (χ3v) is 2.79. The Morgan fingerprint density at radius 2 is 2.06 bits per heavy atom. The summed E-state index contributed by atoms with van der Waals surface area (Å²) in [6.07, 6.45) is 7.86. The van der Waals surface area contributed by atoms with Gasteiger partial charge < -0.3 is 10.5 Å². The SMILES string of the molecule is C\C=C(/N=C\C(=C/N)C(C)(C)C)OCC1CC1. The molecule has 1 aliphatic rings. The zero-order valence-electron chi connectivity index (χ0n) is 11.4. The molecule has 0 saturated heterocycles. The van der Waals surface area contributed by atoms with Gasteiger partial charge in [-0.3, -0.25) is 0 Å². The molecule has 2 N–H and O–H groups in total. The molecular weight excluding hydrogens is 212 g/mol. The second-order valence-electron chi connectivity index (χ2n) is 5.51. The molecular formula is C14H24N2O. The highest BCUT2D eigenvalue weighted by Crippen LogP contribution is 2.29. The van der Waals surface area contributed by atoms with E-state index in [0.717, 1.165) is 18.1 Å². The summed E-state index contributed by atoms with van der Waals surface area (Å²) < 4.78 is 5.62. The Morgan fingerprint density at radius 1 is 1.41 bits per heavy atom. The Bertz CT molecular complexity index is 331. The van der Waals surface area contributed by atoms with Crippen LogP contribution in [0.15, 0.2) is 28.7 Å². The lowest BCUT2D eigenvalue weighted by Crippen LogP contribution is -2.12.